The Kier molecular flexibility index (Phi) is 4.46. The summed E-state index contributed by atoms with van der Waals surface area (Å²) in [5.74, 6) is 0.470. The molecule has 0 aliphatic carbocycles. The van der Waals surface area contributed by atoms with Gasteiger partial charge in [-0.05, 0) is 34.7 Å². The summed E-state index contributed by atoms with van der Waals surface area (Å²) < 4.78 is 18.7. The molecular weight excluding hydrogens is 353 g/mol. The minimum atomic E-state index is -0.379. The first-order valence-electron chi connectivity index (χ1n) is 7.96. The van der Waals surface area contributed by atoms with Crippen molar-refractivity contribution in [2.45, 2.75) is 6.42 Å². The van der Waals surface area contributed by atoms with Gasteiger partial charge in [0.2, 0.25) is 11.8 Å². The van der Waals surface area contributed by atoms with Gasteiger partial charge in [0, 0.05) is 23.9 Å². The number of pyridine rings is 1. The van der Waals surface area contributed by atoms with Crippen LogP contribution in [-0.4, -0.2) is 15.2 Å². The van der Waals surface area contributed by atoms with E-state index in [1.807, 2.05) is 30.5 Å². The lowest BCUT2D eigenvalue weighted by molar-refractivity contribution is 0.497. The Morgan fingerprint density at radius 2 is 1.92 bits per heavy atom. The van der Waals surface area contributed by atoms with Crippen molar-refractivity contribution in [3.63, 3.8) is 0 Å². The maximum absolute atomic E-state index is 13.1. The van der Waals surface area contributed by atoms with Gasteiger partial charge >= 0.3 is 0 Å². The lowest BCUT2D eigenvalue weighted by Gasteiger charge is -2.02. The summed E-state index contributed by atoms with van der Waals surface area (Å²) in [4.78, 5) is 4.26. The fraction of sp³-hybridized carbons (Fsp3) is 0.0500. The first-order chi connectivity index (χ1) is 12.7. The van der Waals surface area contributed by atoms with Crippen LogP contribution < -0.4 is 0 Å². The zero-order chi connectivity index (χ0) is 17.9. The number of rotatable bonds is 4. The van der Waals surface area contributed by atoms with E-state index in [4.69, 9.17) is 16.0 Å². The van der Waals surface area contributed by atoms with Crippen LogP contribution >= 0.6 is 11.6 Å². The lowest BCUT2D eigenvalue weighted by Crippen LogP contribution is -1.91. The summed E-state index contributed by atoms with van der Waals surface area (Å²) in [5.41, 5.74) is 1.69. The molecule has 4 aromatic rings. The third-order valence-electron chi connectivity index (χ3n) is 3.94. The molecule has 2 aromatic carbocycles. The van der Waals surface area contributed by atoms with Crippen LogP contribution in [0.15, 0.2) is 59.3 Å². The van der Waals surface area contributed by atoms with E-state index >= 15 is 0 Å². The number of halogens is 2. The van der Waals surface area contributed by atoms with Gasteiger partial charge in [0.15, 0.2) is 0 Å². The Balaban J connectivity index is 1.55. The monoisotopic (exact) mass is 365 g/mol. The van der Waals surface area contributed by atoms with Crippen molar-refractivity contribution in [3.05, 3.63) is 88.6 Å². The highest BCUT2D eigenvalue weighted by Gasteiger charge is 2.08. The molecule has 0 spiro atoms. The molecule has 0 N–H and O–H groups in total. The van der Waals surface area contributed by atoms with Gasteiger partial charge in [0.1, 0.15) is 5.82 Å². The number of benzene rings is 2. The highest BCUT2D eigenvalue weighted by atomic mass is 35.5. The van der Waals surface area contributed by atoms with Crippen molar-refractivity contribution < 1.29 is 8.81 Å². The highest BCUT2D eigenvalue weighted by molar-refractivity contribution is 6.32. The van der Waals surface area contributed by atoms with Crippen LogP contribution in [0.1, 0.15) is 22.9 Å². The molecule has 6 heteroatoms. The van der Waals surface area contributed by atoms with Crippen molar-refractivity contribution >= 4 is 34.5 Å². The Bertz CT molecular complexity index is 1100. The van der Waals surface area contributed by atoms with E-state index in [2.05, 4.69) is 15.2 Å². The second kappa shape index (κ2) is 7.06. The minimum absolute atomic E-state index is 0.322. The molecule has 0 fully saturated rings. The van der Waals surface area contributed by atoms with Gasteiger partial charge in [-0.3, -0.25) is 4.98 Å². The van der Waals surface area contributed by atoms with E-state index in [0.29, 0.717) is 28.8 Å². The minimum Gasteiger partial charge on any atom is -0.421 e. The number of fused-ring (bicyclic) bond motifs is 1. The van der Waals surface area contributed by atoms with Crippen LogP contribution in [0.25, 0.3) is 22.9 Å². The van der Waals surface area contributed by atoms with Crippen LogP contribution in [0.5, 0.6) is 0 Å². The maximum Gasteiger partial charge on any atom is 0.240 e. The van der Waals surface area contributed by atoms with Gasteiger partial charge in [-0.15, -0.1) is 10.2 Å². The maximum atomic E-state index is 13.1. The second-order valence-corrected chi connectivity index (χ2v) is 6.14. The smallest absolute Gasteiger partial charge is 0.240 e. The van der Waals surface area contributed by atoms with Crippen LogP contribution in [0.2, 0.25) is 5.02 Å². The van der Waals surface area contributed by atoms with Crippen LogP contribution in [0, 0.1) is 5.82 Å². The molecule has 26 heavy (non-hydrogen) atoms. The van der Waals surface area contributed by atoms with E-state index < -0.39 is 0 Å². The third kappa shape index (κ3) is 3.48. The van der Waals surface area contributed by atoms with E-state index in [1.54, 1.807) is 24.4 Å². The molecule has 4 rings (SSSR count). The van der Waals surface area contributed by atoms with Crippen molar-refractivity contribution in [1.82, 2.24) is 15.2 Å². The number of aromatic nitrogens is 3. The normalized spacial score (nSPS) is 11.5. The summed E-state index contributed by atoms with van der Waals surface area (Å²) in [6, 6.07) is 12.2. The van der Waals surface area contributed by atoms with Crippen LogP contribution in [-0.2, 0) is 6.42 Å². The molecule has 0 atom stereocenters. The standard InChI is InChI=1S/C20H13ClFN3O/c21-18-10-16(22)7-5-13(18)6-8-19-24-25-20(26-19)9-15-12-23-11-14-3-1-2-4-17(14)15/h1-8,10-12H,9H2/b8-6+. The Morgan fingerprint density at radius 1 is 1.04 bits per heavy atom. The molecule has 2 aromatic heterocycles. The largest absolute Gasteiger partial charge is 0.421 e. The highest BCUT2D eigenvalue weighted by Crippen LogP contribution is 2.21. The van der Waals surface area contributed by atoms with E-state index in [0.717, 1.165) is 16.3 Å². The third-order valence-corrected chi connectivity index (χ3v) is 4.27. The van der Waals surface area contributed by atoms with E-state index in [1.165, 1.54) is 12.1 Å². The SMILES string of the molecule is Fc1ccc(/C=C/c2nnc(Cc3cncc4ccccc34)o2)c(Cl)c1. The Hall–Kier alpha value is -3.05. The van der Waals surface area contributed by atoms with E-state index in [9.17, 15) is 4.39 Å². The molecule has 0 amide bonds. The molecule has 0 radical (unpaired) electrons. The first kappa shape index (κ1) is 16.4. The van der Waals surface area contributed by atoms with Gasteiger partial charge in [-0.25, -0.2) is 4.39 Å². The van der Waals surface area contributed by atoms with Crippen molar-refractivity contribution in [3.8, 4) is 0 Å². The quantitative estimate of drug-likeness (QED) is 0.500. The van der Waals surface area contributed by atoms with Gasteiger partial charge in [-0.2, -0.15) is 0 Å². The summed E-state index contributed by atoms with van der Waals surface area (Å²) in [6.45, 7) is 0. The molecule has 0 bridgehead atoms. The number of nitrogens with zero attached hydrogens (tertiary/aromatic N) is 3. The van der Waals surface area contributed by atoms with Gasteiger partial charge in [0.05, 0.1) is 11.4 Å². The molecule has 0 saturated heterocycles. The average Bonchev–Trinajstić information content (AvgIpc) is 3.09. The summed E-state index contributed by atoms with van der Waals surface area (Å²) in [7, 11) is 0. The molecule has 0 unspecified atom stereocenters. The molecule has 0 saturated carbocycles. The Labute approximate surface area is 154 Å². The van der Waals surface area contributed by atoms with Crippen molar-refractivity contribution in [2.75, 3.05) is 0 Å². The van der Waals surface area contributed by atoms with Gasteiger partial charge < -0.3 is 4.42 Å². The number of hydrogen-bond acceptors (Lipinski definition) is 4. The summed E-state index contributed by atoms with van der Waals surface area (Å²) >= 11 is 6.00. The van der Waals surface area contributed by atoms with Crippen LogP contribution in [0.4, 0.5) is 4.39 Å². The predicted octanol–water partition coefficient (Wildman–Crippen LogP) is 5.17. The Morgan fingerprint density at radius 3 is 2.81 bits per heavy atom. The summed E-state index contributed by atoms with van der Waals surface area (Å²) in [6.07, 6.45) is 7.48. The fourth-order valence-electron chi connectivity index (χ4n) is 2.69. The fourth-order valence-corrected chi connectivity index (χ4v) is 2.92. The van der Waals surface area contributed by atoms with E-state index in [-0.39, 0.29) is 5.82 Å². The zero-order valence-electron chi connectivity index (χ0n) is 13.6. The van der Waals surface area contributed by atoms with Gasteiger partial charge in [-0.1, -0.05) is 41.9 Å². The molecule has 4 nitrogen and oxygen atoms in total. The zero-order valence-corrected chi connectivity index (χ0v) is 14.3. The van der Waals surface area contributed by atoms with Gasteiger partial charge in [0.25, 0.3) is 0 Å². The van der Waals surface area contributed by atoms with Crippen molar-refractivity contribution in [1.29, 1.82) is 0 Å². The molecular formula is C20H13ClFN3O. The number of hydrogen-bond donors (Lipinski definition) is 0. The molecule has 128 valence electrons. The summed E-state index contributed by atoms with van der Waals surface area (Å²) in [5, 5.41) is 10.6. The topological polar surface area (TPSA) is 51.8 Å². The molecule has 0 aliphatic heterocycles. The molecule has 2 heterocycles. The van der Waals surface area contributed by atoms with Crippen molar-refractivity contribution in [2.24, 2.45) is 0 Å². The predicted molar refractivity (Wildman–Crippen MR) is 99.2 cm³/mol. The second-order valence-electron chi connectivity index (χ2n) is 5.73. The first-order valence-corrected chi connectivity index (χ1v) is 8.34. The average molecular weight is 366 g/mol. The van der Waals surface area contributed by atoms with Crippen LogP contribution in [0.3, 0.4) is 0 Å². The lowest BCUT2D eigenvalue weighted by atomic mass is 10.1. The molecule has 0 aliphatic rings.